The van der Waals surface area contributed by atoms with Crippen molar-refractivity contribution in [2.45, 2.75) is 296 Å². The van der Waals surface area contributed by atoms with E-state index in [-0.39, 0.29) is 12.6 Å². The molecule has 0 fully saturated rings. The maximum atomic E-state index is 12.3. The molecule has 0 aliphatic rings. The fourth-order valence-electron chi connectivity index (χ4n) is 8.16. The molecular weight excluding hydrogens is 737 g/mol. The molecule has 4 heteroatoms. The highest BCUT2D eigenvalue weighted by Gasteiger charge is 2.13. The zero-order valence-electron chi connectivity index (χ0n) is 40.7. The van der Waals surface area contributed by atoms with Gasteiger partial charge in [-0.3, -0.25) is 4.79 Å². The Labute approximate surface area is 376 Å². The predicted octanol–water partition coefficient (Wildman–Crippen LogP) is 18.4. The van der Waals surface area contributed by atoms with E-state index in [0.29, 0.717) is 19.6 Å². The molecule has 4 nitrogen and oxygen atoms in total. The van der Waals surface area contributed by atoms with E-state index in [1.807, 2.05) is 0 Å². The zero-order valence-corrected chi connectivity index (χ0v) is 40.7. The molecule has 0 saturated heterocycles. The van der Waals surface area contributed by atoms with E-state index in [4.69, 9.17) is 9.47 Å². The van der Waals surface area contributed by atoms with E-state index >= 15 is 0 Å². The van der Waals surface area contributed by atoms with Crippen molar-refractivity contribution in [3.63, 3.8) is 0 Å². The lowest BCUT2D eigenvalue weighted by molar-refractivity contribution is -0.154. The highest BCUT2D eigenvalue weighted by Crippen LogP contribution is 2.17. The number of unbranched alkanes of at least 4 members (excludes halogenated alkanes) is 37. The second kappa shape index (κ2) is 53.7. The standard InChI is InChI=1S/C56H106O4/c1-3-5-7-9-11-13-15-17-19-21-23-25-27-28-30-32-34-36-38-40-42-44-46-48-50-52-59-54-55(53-57)60-56(58)51-49-47-45-43-41-39-37-35-33-31-29-26-24-22-20-18-16-14-12-10-8-6-4-2/h16,18,22,24,29,31,55,57H,3-15,17,19-21,23,25-28,30,32-54H2,1-2H3/b18-16-,24-22-,31-29-. The summed E-state index contributed by atoms with van der Waals surface area (Å²) in [7, 11) is 0. The molecule has 0 aliphatic carbocycles. The minimum Gasteiger partial charge on any atom is -0.457 e. The molecule has 0 aromatic rings. The molecule has 0 aromatic heterocycles. The van der Waals surface area contributed by atoms with Crippen LogP contribution < -0.4 is 0 Å². The fraction of sp³-hybridized carbons (Fsp3) is 0.875. The lowest BCUT2D eigenvalue weighted by Crippen LogP contribution is -2.27. The first-order valence-corrected chi connectivity index (χ1v) is 27.1. The van der Waals surface area contributed by atoms with Gasteiger partial charge in [-0.15, -0.1) is 0 Å². The molecule has 0 rings (SSSR count). The normalized spacial score (nSPS) is 12.5. The van der Waals surface area contributed by atoms with Gasteiger partial charge in [0.25, 0.3) is 0 Å². The zero-order chi connectivity index (χ0) is 43.3. The molecule has 0 spiro atoms. The minimum absolute atomic E-state index is 0.171. The highest BCUT2D eigenvalue weighted by molar-refractivity contribution is 5.69. The molecule has 0 amide bonds. The Balaban J connectivity index is 3.38. The Bertz CT molecular complexity index is 894. The Morgan fingerprint density at radius 1 is 0.400 bits per heavy atom. The van der Waals surface area contributed by atoms with Crippen molar-refractivity contribution < 1.29 is 19.4 Å². The molecule has 1 unspecified atom stereocenters. The third kappa shape index (κ3) is 51.0. The Kier molecular flexibility index (Phi) is 52.5. The molecule has 60 heavy (non-hydrogen) atoms. The average Bonchev–Trinajstić information content (AvgIpc) is 3.25. The van der Waals surface area contributed by atoms with Crippen molar-refractivity contribution in [2.75, 3.05) is 19.8 Å². The fourth-order valence-corrected chi connectivity index (χ4v) is 8.16. The van der Waals surface area contributed by atoms with Crippen LogP contribution in [0.2, 0.25) is 0 Å². The number of carbonyl (C=O) groups excluding carboxylic acids is 1. The minimum atomic E-state index is -0.537. The Hall–Kier alpha value is -1.39. The van der Waals surface area contributed by atoms with Crippen molar-refractivity contribution in [3.05, 3.63) is 36.5 Å². The van der Waals surface area contributed by atoms with Gasteiger partial charge < -0.3 is 14.6 Å². The lowest BCUT2D eigenvalue weighted by atomic mass is 10.0. The molecule has 0 radical (unpaired) electrons. The van der Waals surface area contributed by atoms with Crippen LogP contribution in [0.25, 0.3) is 0 Å². The van der Waals surface area contributed by atoms with Crippen LogP contribution in [-0.2, 0) is 14.3 Å². The smallest absolute Gasteiger partial charge is 0.306 e. The summed E-state index contributed by atoms with van der Waals surface area (Å²) in [6, 6.07) is 0. The number of ether oxygens (including phenoxy) is 2. The van der Waals surface area contributed by atoms with E-state index in [1.54, 1.807) is 0 Å². The van der Waals surface area contributed by atoms with Gasteiger partial charge in [0.15, 0.2) is 0 Å². The third-order valence-electron chi connectivity index (χ3n) is 12.2. The van der Waals surface area contributed by atoms with Gasteiger partial charge in [0.2, 0.25) is 0 Å². The van der Waals surface area contributed by atoms with Gasteiger partial charge in [-0.05, 0) is 51.4 Å². The van der Waals surface area contributed by atoms with Crippen LogP contribution in [-0.4, -0.2) is 37.0 Å². The van der Waals surface area contributed by atoms with Crippen LogP contribution in [0.1, 0.15) is 290 Å². The van der Waals surface area contributed by atoms with Gasteiger partial charge in [-0.1, -0.05) is 269 Å². The summed E-state index contributed by atoms with van der Waals surface area (Å²) in [5.74, 6) is -0.202. The second-order valence-electron chi connectivity index (χ2n) is 18.3. The van der Waals surface area contributed by atoms with Crippen LogP contribution in [0.5, 0.6) is 0 Å². The van der Waals surface area contributed by atoms with Crippen molar-refractivity contribution in [1.82, 2.24) is 0 Å². The topological polar surface area (TPSA) is 55.8 Å². The van der Waals surface area contributed by atoms with Crippen molar-refractivity contribution in [3.8, 4) is 0 Å². The number of rotatable bonds is 51. The van der Waals surface area contributed by atoms with Crippen LogP contribution >= 0.6 is 0 Å². The lowest BCUT2D eigenvalue weighted by Gasteiger charge is -2.16. The average molecular weight is 843 g/mol. The molecular formula is C56H106O4. The van der Waals surface area contributed by atoms with Gasteiger partial charge in [0.05, 0.1) is 13.2 Å². The van der Waals surface area contributed by atoms with Crippen molar-refractivity contribution in [2.24, 2.45) is 0 Å². The maximum absolute atomic E-state index is 12.3. The molecule has 1 atom stereocenters. The van der Waals surface area contributed by atoms with E-state index in [9.17, 15) is 9.90 Å². The molecule has 1 N–H and O–H groups in total. The monoisotopic (exact) mass is 843 g/mol. The van der Waals surface area contributed by atoms with Gasteiger partial charge >= 0.3 is 5.97 Å². The van der Waals surface area contributed by atoms with Crippen LogP contribution in [0.3, 0.4) is 0 Å². The number of aliphatic hydroxyl groups excluding tert-OH is 1. The van der Waals surface area contributed by atoms with Gasteiger partial charge in [0, 0.05) is 13.0 Å². The van der Waals surface area contributed by atoms with Crippen LogP contribution in [0, 0.1) is 0 Å². The van der Waals surface area contributed by atoms with E-state index in [2.05, 4.69) is 50.3 Å². The number of esters is 1. The Morgan fingerprint density at radius 2 is 0.700 bits per heavy atom. The SMILES string of the molecule is CCCCCCC/C=C\C/C=C\C/C=C\CCCCCCCCCCC(=O)OC(CO)COCCCCCCCCCCCCCCCCCCCCCCCCCCC. The van der Waals surface area contributed by atoms with Crippen LogP contribution in [0.15, 0.2) is 36.5 Å². The van der Waals surface area contributed by atoms with Crippen LogP contribution in [0.4, 0.5) is 0 Å². The van der Waals surface area contributed by atoms with Crippen molar-refractivity contribution >= 4 is 5.97 Å². The summed E-state index contributed by atoms with van der Waals surface area (Å²) < 4.78 is 11.2. The second-order valence-corrected chi connectivity index (χ2v) is 18.3. The first kappa shape index (κ1) is 58.6. The summed E-state index contributed by atoms with van der Waals surface area (Å²) in [5, 5.41) is 9.66. The van der Waals surface area contributed by atoms with Crippen molar-refractivity contribution in [1.29, 1.82) is 0 Å². The first-order valence-electron chi connectivity index (χ1n) is 27.1. The molecule has 354 valence electrons. The number of hydrogen-bond acceptors (Lipinski definition) is 4. The Morgan fingerprint density at radius 3 is 1.05 bits per heavy atom. The number of carbonyl (C=O) groups is 1. The molecule has 0 aromatic carbocycles. The quantitative estimate of drug-likeness (QED) is 0.0377. The first-order chi connectivity index (χ1) is 29.7. The number of hydrogen-bond donors (Lipinski definition) is 1. The summed E-state index contributed by atoms with van der Waals surface area (Å²) in [6.07, 6.45) is 69.6. The largest absolute Gasteiger partial charge is 0.457 e. The summed E-state index contributed by atoms with van der Waals surface area (Å²) in [5.41, 5.74) is 0. The van der Waals surface area contributed by atoms with Gasteiger partial charge in [0.1, 0.15) is 6.10 Å². The predicted molar refractivity (Wildman–Crippen MR) is 265 cm³/mol. The number of allylic oxidation sites excluding steroid dienone is 6. The van der Waals surface area contributed by atoms with E-state index < -0.39 is 6.10 Å². The van der Waals surface area contributed by atoms with Gasteiger partial charge in [-0.25, -0.2) is 0 Å². The van der Waals surface area contributed by atoms with E-state index in [1.165, 1.54) is 238 Å². The molecule has 0 heterocycles. The summed E-state index contributed by atoms with van der Waals surface area (Å²) in [6.45, 7) is 5.38. The third-order valence-corrected chi connectivity index (χ3v) is 12.2. The molecule has 0 bridgehead atoms. The molecule has 0 saturated carbocycles. The van der Waals surface area contributed by atoms with Gasteiger partial charge in [-0.2, -0.15) is 0 Å². The number of aliphatic hydroxyl groups is 1. The van der Waals surface area contributed by atoms with E-state index in [0.717, 1.165) is 32.1 Å². The molecule has 0 aliphatic heterocycles. The highest BCUT2D eigenvalue weighted by atomic mass is 16.6. The summed E-state index contributed by atoms with van der Waals surface area (Å²) in [4.78, 5) is 12.3. The maximum Gasteiger partial charge on any atom is 0.306 e. The summed E-state index contributed by atoms with van der Waals surface area (Å²) >= 11 is 0.